The minimum Gasteiger partial charge on any atom is -0.397 e. The molecule has 2 aromatic rings. The quantitative estimate of drug-likeness (QED) is 0.815. The summed E-state index contributed by atoms with van der Waals surface area (Å²) in [5, 5.41) is 2.47. The zero-order valence-electron chi connectivity index (χ0n) is 10.5. The molecule has 0 aliphatic heterocycles. The van der Waals surface area contributed by atoms with Gasteiger partial charge in [-0.15, -0.1) is 0 Å². The Morgan fingerprint density at radius 2 is 2.00 bits per heavy atom. The second kappa shape index (κ2) is 5.58. The van der Waals surface area contributed by atoms with Crippen molar-refractivity contribution in [1.29, 1.82) is 0 Å². The Labute approximate surface area is 122 Å². The number of hydrogen-bond donors (Lipinski definition) is 2. The number of rotatable bonds is 2. The van der Waals surface area contributed by atoms with Crippen molar-refractivity contribution in [2.24, 2.45) is 0 Å². The molecule has 0 aromatic heterocycles. The van der Waals surface area contributed by atoms with Crippen molar-refractivity contribution in [3.63, 3.8) is 0 Å². The lowest BCUT2D eigenvalue weighted by atomic mass is 10.1. The van der Waals surface area contributed by atoms with Crippen LogP contribution in [0.5, 0.6) is 0 Å². The third-order valence-corrected chi connectivity index (χ3v) is 3.33. The van der Waals surface area contributed by atoms with Crippen molar-refractivity contribution in [1.82, 2.24) is 0 Å². The van der Waals surface area contributed by atoms with Crippen LogP contribution in [0.2, 0.25) is 0 Å². The SMILES string of the molecule is Cc1cc(N)c(NC(=O)c2cccc(F)c2F)c(Br)c1. The Bertz CT molecular complexity index is 666. The molecule has 0 heterocycles. The van der Waals surface area contributed by atoms with Crippen LogP contribution in [0.15, 0.2) is 34.8 Å². The normalized spacial score (nSPS) is 10.4. The van der Waals surface area contributed by atoms with Crippen molar-refractivity contribution in [3.8, 4) is 0 Å². The van der Waals surface area contributed by atoms with Crippen molar-refractivity contribution >= 4 is 33.2 Å². The summed E-state index contributed by atoms with van der Waals surface area (Å²) < 4.78 is 27.2. The molecule has 3 N–H and O–H groups in total. The Morgan fingerprint density at radius 3 is 2.65 bits per heavy atom. The van der Waals surface area contributed by atoms with E-state index in [1.54, 1.807) is 12.1 Å². The average molecular weight is 341 g/mol. The molecule has 0 fully saturated rings. The fourth-order valence-corrected chi connectivity index (χ4v) is 2.45. The largest absolute Gasteiger partial charge is 0.397 e. The van der Waals surface area contributed by atoms with Gasteiger partial charge in [-0.3, -0.25) is 4.79 Å². The van der Waals surface area contributed by atoms with Crippen LogP contribution in [0.3, 0.4) is 0 Å². The molecular formula is C14H11BrF2N2O. The molecule has 0 atom stereocenters. The number of amides is 1. The smallest absolute Gasteiger partial charge is 0.258 e. The second-order valence-electron chi connectivity index (χ2n) is 4.27. The zero-order valence-corrected chi connectivity index (χ0v) is 12.1. The van der Waals surface area contributed by atoms with Gasteiger partial charge < -0.3 is 11.1 Å². The average Bonchev–Trinajstić information content (AvgIpc) is 2.36. The van der Waals surface area contributed by atoms with Crippen LogP contribution in [0.4, 0.5) is 20.2 Å². The van der Waals surface area contributed by atoms with Crippen LogP contribution in [0, 0.1) is 18.6 Å². The predicted octanol–water partition coefficient (Wildman–Crippen LogP) is 3.87. The third kappa shape index (κ3) is 2.80. The molecule has 0 bridgehead atoms. The van der Waals surface area contributed by atoms with Gasteiger partial charge in [-0.1, -0.05) is 6.07 Å². The molecule has 1 amide bonds. The van der Waals surface area contributed by atoms with Crippen LogP contribution < -0.4 is 11.1 Å². The molecule has 20 heavy (non-hydrogen) atoms. The van der Waals surface area contributed by atoms with E-state index in [0.29, 0.717) is 15.8 Å². The number of benzene rings is 2. The van der Waals surface area contributed by atoms with Gasteiger partial charge in [0.25, 0.3) is 5.91 Å². The minimum atomic E-state index is -1.19. The first-order valence-electron chi connectivity index (χ1n) is 5.71. The van der Waals surface area contributed by atoms with Gasteiger partial charge in [0, 0.05) is 4.47 Å². The van der Waals surface area contributed by atoms with Crippen molar-refractivity contribution in [2.45, 2.75) is 6.92 Å². The molecule has 0 saturated heterocycles. The summed E-state index contributed by atoms with van der Waals surface area (Å²) in [5.41, 5.74) is 6.99. The lowest BCUT2D eigenvalue weighted by Gasteiger charge is -2.12. The number of nitrogens with one attached hydrogen (secondary N) is 1. The number of hydrogen-bond acceptors (Lipinski definition) is 2. The highest BCUT2D eigenvalue weighted by molar-refractivity contribution is 9.10. The molecule has 0 spiro atoms. The lowest BCUT2D eigenvalue weighted by Crippen LogP contribution is -2.16. The summed E-state index contributed by atoms with van der Waals surface area (Å²) in [7, 11) is 0. The Hall–Kier alpha value is -1.95. The van der Waals surface area contributed by atoms with E-state index in [-0.39, 0.29) is 5.56 Å². The fourth-order valence-electron chi connectivity index (χ4n) is 1.76. The van der Waals surface area contributed by atoms with Gasteiger partial charge in [0.2, 0.25) is 0 Å². The highest BCUT2D eigenvalue weighted by atomic mass is 79.9. The zero-order chi connectivity index (χ0) is 14.9. The third-order valence-electron chi connectivity index (χ3n) is 2.70. The fraction of sp³-hybridized carbons (Fsp3) is 0.0714. The van der Waals surface area contributed by atoms with Gasteiger partial charge >= 0.3 is 0 Å². The van der Waals surface area contributed by atoms with E-state index >= 15 is 0 Å². The Kier molecular flexibility index (Phi) is 4.04. The van der Waals surface area contributed by atoms with Gasteiger partial charge in [0.15, 0.2) is 11.6 Å². The molecule has 0 radical (unpaired) electrons. The summed E-state index contributed by atoms with van der Waals surface area (Å²) in [6.07, 6.45) is 0. The Morgan fingerprint density at radius 1 is 1.30 bits per heavy atom. The van der Waals surface area contributed by atoms with E-state index in [4.69, 9.17) is 5.73 Å². The van der Waals surface area contributed by atoms with Gasteiger partial charge in [-0.2, -0.15) is 0 Å². The van der Waals surface area contributed by atoms with E-state index in [9.17, 15) is 13.6 Å². The van der Waals surface area contributed by atoms with Crippen LogP contribution in [0.1, 0.15) is 15.9 Å². The van der Waals surface area contributed by atoms with E-state index in [1.807, 2.05) is 6.92 Å². The van der Waals surface area contributed by atoms with E-state index in [0.717, 1.165) is 11.6 Å². The monoisotopic (exact) mass is 340 g/mol. The highest BCUT2D eigenvalue weighted by Gasteiger charge is 2.17. The first-order valence-corrected chi connectivity index (χ1v) is 6.50. The molecular weight excluding hydrogens is 330 g/mol. The second-order valence-corrected chi connectivity index (χ2v) is 5.12. The molecule has 0 unspecified atom stereocenters. The number of halogens is 3. The molecule has 6 heteroatoms. The highest BCUT2D eigenvalue weighted by Crippen LogP contribution is 2.30. The maximum Gasteiger partial charge on any atom is 0.258 e. The van der Waals surface area contributed by atoms with E-state index < -0.39 is 17.5 Å². The van der Waals surface area contributed by atoms with Gasteiger partial charge in [0.1, 0.15) is 0 Å². The standard InChI is InChI=1S/C14H11BrF2N2O/c1-7-5-9(15)13(11(18)6-7)19-14(20)8-3-2-4-10(16)12(8)17/h2-6H,18H2,1H3,(H,19,20). The number of aryl methyl sites for hydroxylation is 1. The molecule has 2 aromatic carbocycles. The number of carbonyl (C=O) groups is 1. The van der Waals surface area contributed by atoms with Gasteiger partial charge in [-0.05, 0) is 52.7 Å². The van der Waals surface area contributed by atoms with Crippen LogP contribution >= 0.6 is 15.9 Å². The molecule has 2 rings (SSSR count). The summed E-state index contributed by atoms with van der Waals surface area (Å²) in [6.45, 7) is 1.85. The topological polar surface area (TPSA) is 55.1 Å². The predicted molar refractivity (Wildman–Crippen MR) is 77.6 cm³/mol. The van der Waals surface area contributed by atoms with Crippen molar-refractivity contribution in [3.05, 3.63) is 57.6 Å². The van der Waals surface area contributed by atoms with Crippen molar-refractivity contribution < 1.29 is 13.6 Å². The van der Waals surface area contributed by atoms with E-state index in [2.05, 4.69) is 21.2 Å². The number of nitrogen functional groups attached to an aromatic ring is 1. The summed E-state index contributed by atoms with van der Waals surface area (Å²) in [4.78, 5) is 12.0. The Balaban J connectivity index is 2.36. The number of nitrogens with two attached hydrogens (primary N) is 1. The van der Waals surface area contributed by atoms with Crippen LogP contribution in [-0.4, -0.2) is 5.91 Å². The van der Waals surface area contributed by atoms with Crippen LogP contribution in [-0.2, 0) is 0 Å². The molecule has 0 saturated carbocycles. The number of anilines is 2. The summed E-state index contributed by atoms with van der Waals surface area (Å²) in [6, 6.07) is 6.84. The van der Waals surface area contributed by atoms with Crippen LogP contribution in [0.25, 0.3) is 0 Å². The summed E-state index contributed by atoms with van der Waals surface area (Å²) >= 11 is 3.27. The lowest BCUT2D eigenvalue weighted by molar-refractivity contribution is 0.102. The number of carbonyl (C=O) groups excluding carboxylic acids is 1. The first kappa shape index (κ1) is 14.5. The first-order chi connectivity index (χ1) is 9.40. The molecule has 3 nitrogen and oxygen atoms in total. The molecule has 0 aliphatic carbocycles. The maximum absolute atomic E-state index is 13.5. The van der Waals surface area contributed by atoms with Crippen molar-refractivity contribution in [2.75, 3.05) is 11.1 Å². The van der Waals surface area contributed by atoms with Gasteiger partial charge in [-0.25, -0.2) is 8.78 Å². The van der Waals surface area contributed by atoms with Gasteiger partial charge in [0.05, 0.1) is 16.9 Å². The van der Waals surface area contributed by atoms with E-state index in [1.165, 1.54) is 12.1 Å². The molecule has 0 aliphatic rings. The molecule has 104 valence electrons. The summed E-state index contributed by atoms with van der Waals surface area (Å²) in [5.74, 6) is -3.03. The maximum atomic E-state index is 13.5. The minimum absolute atomic E-state index is 0.323.